The lowest BCUT2D eigenvalue weighted by atomic mass is 10.2. The number of nitrogens with one attached hydrogen (secondary N) is 2. The first-order valence-electron chi connectivity index (χ1n) is 8.59. The molecule has 0 aliphatic heterocycles. The molecule has 7 heteroatoms. The Bertz CT molecular complexity index is 1010. The molecule has 0 bridgehead atoms. The molecular formula is C20H23N3O3S. The van der Waals surface area contributed by atoms with Gasteiger partial charge < -0.3 is 14.6 Å². The Kier molecular flexibility index (Phi) is 4.97. The fourth-order valence-electron chi connectivity index (χ4n) is 2.73. The number of carbonyl (C=O) groups excluding carboxylic acids is 2. The average molecular weight is 385 g/mol. The fraction of sp³-hybridized carbons (Fsp3) is 0.300. The molecule has 0 aliphatic carbocycles. The predicted molar refractivity (Wildman–Crippen MR) is 110 cm³/mol. The van der Waals surface area contributed by atoms with Crippen molar-refractivity contribution in [2.24, 2.45) is 7.05 Å². The van der Waals surface area contributed by atoms with Crippen molar-refractivity contribution in [2.45, 2.75) is 33.3 Å². The van der Waals surface area contributed by atoms with E-state index >= 15 is 0 Å². The van der Waals surface area contributed by atoms with Crippen LogP contribution in [-0.2, 0) is 11.8 Å². The molecule has 0 spiro atoms. The highest BCUT2D eigenvalue weighted by atomic mass is 32.1. The number of ether oxygens (including phenoxy) is 1. The van der Waals surface area contributed by atoms with Crippen molar-refractivity contribution >= 4 is 44.8 Å². The molecule has 0 fully saturated rings. The second-order valence-electron chi connectivity index (χ2n) is 7.42. The van der Waals surface area contributed by atoms with E-state index in [1.807, 2.05) is 18.2 Å². The largest absolute Gasteiger partial charge is 0.444 e. The first-order valence-corrected chi connectivity index (χ1v) is 9.40. The molecule has 3 aromatic rings. The Morgan fingerprint density at radius 2 is 1.81 bits per heavy atom. The number of nitrogens with zero attached hydrogens (tertiary/aromatic N) is 1. The van der Waals surface area contributed by atoms with Crippen LogP contribution in [0.3, 0.4) is 0 Å². The van der Waals surface area contributed by atoms with Crippen molar-refractivity contribution in [3.05, 3.63) is 47.1 Å². The van der Waals surface area contributed by atoms with Gasteiger partial charge in [0, 0.05) is 28.5 Å². The highest BCUT2D eigenvalue weighted by molar-refractivity contribution is 7.19. The number of hydrogen-bond donors (Lipinski definition) is 2. The first-order chi connectivity index (χ1) is 12.6. The minimum atomic E-state index is -0.586. The summed E-state index contributed by atoms with van der Waals surface area (Å²) in [6.45, 7) is 7.44. The van der Waals surface area contributed by atoms with Gasteiger partial charge in [0.2, 0.25) is 0 Å². The lowest BCUT2D eigenvalue weighted by molar-refractivity contribution is 0.0635. The Morgan fingerprint density at radius 3 is 2.52 bits per heavy atom. The van der Waals surface area contributed by atoms with Gasteiger partial charge in [-0.15, -0.1) is 11.3 Å². The summed E-state index contributed by atoms with van der Waals surface area (Å²) in [6.07, 6.45) is 1.11. The van der Waals surface area contributed by atoms with Gasteiger partial charge in [-0.1, -0.05) is 0 Å². The maximum absolute atomic E-state index is 12.6. The van der Waals surface area contributed by atoms with E-state index in [4.69, 9.17) is 4.74 Å². The Morgan fingerprint density at radius 1 is 1.07 bits per heavy atom. The second kappa shape index (κ2) is 7.08. The summed E-state index contributed by atoms with van der Waals surface area (Å²) in [5, 5.41) is 6.66. The maximum Gasteiger partial charge on any atom is 0.412 e. The highest BCUT2D eigenvalue weighted by Crippen LogP contribution is 2.27. The summed E-state index contributed by atoms with van der Waals surface area (Å²) in [6, 6.07) is 9.56. The van der Waals surface area contributed by atoms with E-state index in [0.717, 1.165) is 11.1 Å². The Hall–Kier alpha value is -2.80. The van der Waals surface area contributed by atoms with Crippen molar-refractivity contribution in [1.29, 1.82) is 0 Å². The van der Waals surface area contributed by atoms with Gasteiger partial charge >= 0.3 is 6.09 Å². The van der Waals surface area contributed by atoms with E-state index in [-0.39, 0.29) is 5.91 Å². The van der Waals surface area contributed by atoms with Crippen LogP contribution in [0.25, 0.3) is 10.1 Å². The fourth-order valence-corrected chi connectivity index (χ4v) is 3.63. The molecule has 0 radical (unpaired) electrons. The maximum atomic E-state index is 12.6. The summed E-state index contributed by atoms with van der Waals surface area (Å²) >= 11 is 1.72. The number of rotatable bonds is 3. The molecule has 2 aromatic heterocycles. The van der Waals surface area contributed by atoms with E-state index < -0.39 is 11.7 Å². The lowest BCUT2D eigenvalue weighted by Crippen LogP contribution is -2.27. The van der Waals surface area contributed by atoms with Crippen molar-refractivity contribution < 1.29 is 14.3 Å². The van der Waals surface area contributed by atoms with E-state index in [9.17, 15) is 9.59 Å². The van der Waals surface area contributed by atoms with Crippen LogP contribution in [0.15, 0.2) is 36.5 Å². The van der Waals surface area contributed by atoms with Crippen LogP contribution in [0.2, 0.25) is 0 Å². The van der Waals surface area contributed by atoms with Crippen LogP contribution in [-0.4, -0.2) is 22.2 Å². The molecule has 6 nitrogen and oxygen atoms in total. The third-order valence-corrected chi connectivity index (χ3v) is 4.81. The number of fused-ring (bicyclic) bond motifs is 1. The molecule has 2 heterocycles. The molecule has 142 valence electrons. The van der Waals surface area contributed by atoms with Gasteiger partial charge in [0.1, 0.15) is 11.3 Å². The smallest absolute Gasteiger partial charge is 0.412 e. The zero-order chi connectivity index (χ0) is 19.8. The van der Waals surface area contributed by atoms with Crippen LogP contribution in [0.4, 0.5) is 16.2 Å². The van der Waals surface area contributed by atoms with Gasteiger partial charge in [-0.05, 0) is 63.4 Å². The number of benzene rings is 1. The topological polar surface area (TPSA) is 72.4 Å². The lowest BCUT2D eigenvalue weighted by Gasteiger charge is -2.19. The first kappa shape index (κ1) is 19.0. The molecule has 1 aromatic carbocycles. The minimum Gasteiger partial charge on any atom is -0.444 e. The van der Waals surface area contributed by atoms with Gasteiger partial charge in [0.05, 0.1) is 5.69 Å². The van der Waals surface area contributed by atoms with Gasteiger partial charge in [-0.2, -0.15) is 0 Å². The molecule has 0 saturated heterocycles. The van der Waals surface area contributed by atoms with E-state index in [2.05, 4.69) is 23.6 Å². The minimum absolute atomic E-state index is 0.249. The number of anilines is 2. The Labute approximate surface area is 162 Å². The summed E-state index contributed by atoms with van der Waals surface area (Å²) in [5.41, 5.74) is 1.08. The van der Waals surface area contributed by atoms with Crippen molar-refractivity contribution in [3.63, 3.8) is 0 Å². The van der Waals surface area contributed by atoms with Crippen molar-refractivity contribution in [2.75, 3.05) is 10.6 Å². The number of aromatic nitrogens is 1. The molecule has 0 unspecified atom stereocenters. The summed E-state index contributed by atoms with van der Waals surface area (Å²) < 4.78 is 8.08. The third-order valence-electron chi connectivity index (χ3n) is 3.78. The van der Waals surface area contributed by atoms with Crippen LogP contribution < -0.4 is 10.6 Å². The molecule has 0 atom stereocenters. The molecule has 3 rings (SSSR count). The summed E-state index contributed by atoms with van der Waals surface area (Å²) in [7, 11) is 1.75. The summed E-state index contributed by atoms with van der Waals surface area (Å²) in [5.74, 6) is -0.249. The highest BCUT2D eigenvalue weighted by Gasteiger charge is 2.18. The van der Waals surface area contributed by atoms with Crippen LogP contribution in [0.5, 0.6) is 0 Å². The van der Waals surface area contributed by atoms with Gasteiger partial charge in [0.25, 0.3) is 5.91 Å². The van der Waals surface area contributed by atoms with Crippen LogP contribution in [0.1, 0.15) is 36.1 Å². The standard InChI is InChI=1S/C20H23N3O3S/c1-12-8-13-9-14(6-7-17(13)27-12)21-18(24)16-10-15(11-23(16)5)22-19(25)26-20(2,3)4/h6-11H,1-5H3,(H,21,24)(H,22,25). The number of hydrogen-bond acceptors (Lipinski definition) is 4. The average Bonchev–Trinajstić information content (AvgIpc) is 3.06. The number of carbonyl (C=O) groups is 2. The number of thiophene rings is 1. The van der Waals surface area contributed by atoms with Gasteiger partial charge in [-0.3, -0.25) is 10.1 Å². The molecular weight excluding hydrogens is 362 g/mol. The third kappa shape index (κ3) is 4.68. The number of aryl methyl sites for hydroxylation is 2. The van der Waals surface area contributed by atoms with Crippen molar-refractivity contribution in [1.82, 2.24) is 4.57 Å². The number of amides is 2. The summed E-state index contributed by atoms with van der Waals surface area (Å²) in [4.78, 5) is 25.8. The van der Waals surface area contributed by atoms with E-state index in [1.54, 1.807) is 56.0 Å². The zero-order valence-corrected chi connectivity index (χ0v) is 16.9. The van der Waals surface area contributed by atoms with Crippen LogP contribution >= 0.6 is 11.3 Å². The Balaban J connectivity index is 1.72. The van der Waals surface area contributed by atoms with Crippen LogP contribution in [0, 0.1) is 6.92 Å². The predicted octanol–water partition coefficient (Wildman–Crippen LogP) is 5.15. The van der Waals surface area contributed by atoms with Gasteiger partial charge in [-0.25, -0.2) is 4.79 Å². The molecule has 0 saturated carbocycles. The zero-order valence-electron chi connectivity index (χ0n) is 16.0. The SMILES string of the molecule is Cc1cc2cc(NC(=O)c3cc(NC(=O)OC(C)(C)C)cn3C)ccc2s1. The van der Waals surface area contributed by atoms with Gasteiger partial charge in [0.15, 0.2) is 0 Å². The molecule has 2 N–H and O–H groups in total. The molecule has 2 amide bonds. The second-order valence-corrected chi connectivity index (χ2v) is 8.70. The normalized spacial score (nSPS) is 11.4. The molecule has 27 heavy (non-hydrogen) atoms. The van der Waals surface area contributed by atoms with Crippen molar-refractivity contribution in [3.8, 4) is 0 Å². The molecule has 0 aliphatic rings. The van der Waals surface area contributed by atoms with E-state index in [0.29, 0.717) is 11.4 Å². The quantitative estimate of drug-likeness (QED) is 0.655. The monoisotopic (exact) mass is 385 g/mol. The van der Waals surface area contributed by atoms with E-state index in [1.165, 1.54) is 9.58 Å².